The van der Waals surface area contributed by atoms with Gasteiger partial charge in [0.1, 0.15) is 11.2 Å². The molecule has 0 N–H and O–H groups in total. The van der Waals surface area contributed by atoms with E-state index in [1.54, 1.807) is 11.3 Å². The minimum atomic E-state index is 0.604. The first-order chi connectivity index (χ1) is 31.2. The van der Waals surface area contributed by atoms with Crippen LogP contribution in [0.2, 0.25) is 0 Å². The van der Waals surface area contributed by atoms with Gasteiger partial charge in [-0.1, -0.05) is 133 Å². The summed E-state index contributed by atoms with van der Waals surface area (Å²) in [6, 6.07) is 69.2. The van der Waals surface area contributed by atoms with E-state index in [1.807, 2.05) is 18.2 Å². The van der Waals surface area contributed by atoms with Crippen molar-refractivity contribution < 1.29 is 4.42 Å². The maximum absolute atomic E-state index is 6.82. The Labute approximate surface area is 363 Å². The summed E-state index contributed by atoms with van der Waals surface area (Å²) in [6.07, 6.45) is 0. The van der Waals surface area contributed by atoms with Crippen LogP contribution in [0.1, 0.15) is 0 Å². The first-order valence-electron chi connectivity index (χ1n) is 21.2. The van der Waals surface area contributed by atoms with Gasteiger partial charge in [-0.3, -0.25) is 0 Å². The predicted molar refractivity (Wildman–Crippen MR) is 263 cm³/mol. The van der Waals surface area contributed by atoms with Crippen LogP contribution in [-0.2, 0) is 0 Å². The SMILES string of the molecule is c1ccc(-c2nc(-c3ccc4oc5c6ccccc6c(-n6c7cc8ccccc8cc7c7ccc8ccccc8c76)cc5c4c3)nc(-c3ccc4sc5ccccc5c4c3)n2)cc1. The van der Waals surface area contributed by atoms with E-state index >= 15 is 0 Å². The molecule has 0 aliphatic rings. The van der Waals surface area contributed by atoms with E-state index in [4.69, 9.17) is 19.4 Å². The van der Waals surface area contributed by atoms with E-state index in [2.05, 4.69) is 180 Å². The molecule has 0 bridgehead atoms. The van der Waals surface area contributed by atoms with Gasteiger partial charge < -0.3 is 8.98 Å². The molecule has 0 aliphatic carbocycles. The van der Waals surface area contributed by atoms with E-state index in [0.29, 0.717) is 17.5 Å². The highest BCUT2D eigenvalue weighted by atomic mass is 32.1. The van der Waals surface area contributed by atoms with Crippen LogP contribution >= 0.6 is 11.3 Å². The smallest absolute Gasteiger partial charge is 0.164 e. The highest BCUT2D eigenvalue weighted by molar-refractivity contribution is 7.25. The van der Waals surface area contributed by atoms with E-state index < -0.39 is 0 Å². The second-order valence-corrected chi connectivity index (χ2v) is 17.4. The van der Waals surface area contributed by atoms with Gasteiger partial charge >= 0.3 is 0 Å². The third-order valence-electron chi connectivity index (χ3n) is 12.8. The zero-order chi connectivity index (χ0) is 41.2. The monoisotopic (exact) mass is 820 g/mol. The number of fused-ring (bicyclic) bond motifs is 14. The number of hydrogen-bond donors (Lipinski definition) is 0. The Morgan fingerprint density at radius 2 is 0.984 bits per heavy atom. The van der Waals surface area contributed by atoms with Crippen LogP contribution in [0.5, 0.6) is 0 Å². The quantitative estimate of drug-likeness (QED) is 0.177. The molecule has 292 valence electrons. The Hall–Kier alpha value is -8.19. The number of benzene rings is 10. The molecule has 14 rings (SSSR count). The normalized spacial score (nSPS) is 12.1. The Kier molecular flexibility index (Phi) is 7.21. The van der Waals surface area contributed by atoms with Crippen LogP contribution in [0, 0.1) is 0 Å². The summed E-state index contributed by atoms with van der Waals surface area (Å²) in [5, 5.41) is 14.0. The third kappa shape index (κ3) is 5.19. The van der Waals surface area contributed by atoms with Gasteiger partial charge in [0.25, 0.3) is 0 Å². The van der Waals surface area contributed by atoms with Crippen LogP contribution in [0.3, 0.4) is 0 Å². The standard InChI is InChI=1S/C57H32N4OS/c1-2-13-34(14-3-1)55-58-56(60-57(59-55)38-24-27-52-46(30-38)41-19-10-11-21-51(41)63-52)37-23-26-50-45(29-37)47-32-49(40-18-8-9-20-43(40)54(47)62-50)61-48-31-36-16-5-4-15-35(36)28-44(48)42-25-22-33-12-6-7-17-39(33)53(42)61/h1-32H. The number of furan rings is 1. The number of hydrogen-bond acceptors (Lipinski definition) is 5. The fourth-order valence-corrected chi connectivity index (χ4v) is 10.9. The molecule has 0 atom stereocenters. The van der Waals surface area contributed by atoms with E-state index in [1.165, 1.54) is 58.0 Å². The topological polar surface area (TPSA) is 56.7 Å². The molecule has 0 spiro atoms. The zero-order valence-corrected chi connectivity index (χ0v) is 34.4. The van der Waals surface area contributed by atoms with Crippen LogP contribution < -0.4 is 0 Å². The highest BCUT2D eigenvalue weighted by Gasteiger charge is 2.22. The van der Waals surface area contributed by atoms with Crippen LogP contribution in [0.4, 0.5) is 0 Å². The molecule has 63 heavy (non-hydrogen) atoms. The van der Waals surface area contributed by atoms with Gasteiger partial charge in [-0.05, 0) is 76.8 Å². The van der Waals surface area contributed by atoms with Crippen LogP contribution in [0.25, 0.3) is 136 Å². The predicted octanol–water partition coefficient (Wildman–Crippen LogP) is 15.7. The molecular weight excluding hydrogens is 789 g/mol. The van der Waals surface area contributed by atoms with Crippen molar-refractivity contribution in [2.45, 2.75) is 0 Å². The molecule has 0 unspecified atom stereocenters. The van der Waals surface area contributed by atoms with Crippen LogP contribution in [-0.4, -0.2) is 19.5 Å². The molecule has 14 aromatic rings. The lowest BCUT2D eigenvalue weighted by molar-refractivity contribution is 0.672. The van der Waals surface area contributed by atoms with Crippen molar-refractivity contribution in [3.63, 3.8) is 0 Å². The van der Waals surface area contributed by atoms with Crippen molar-refractivity contribution in [1.29, 1.82) is 0 Å². The summed E-state index contributed by atoms with van der Waals surface area (Å²) in [6.45, 7) is 0. The largest absolute Gasteiger partial charge is 0.455 e. The lowest BCUT2D eigenvalue weighted by Crippen LogP contribution is -2.00. The van der Waals surface area contributed by atoms with E-state index in [0.717, 1.165) is 60.6 Å². The van der Waals surface area contributed by atoms with Gasteiger partial charge in [0.05, 0.1) is 16.7 Å². The van der Waals surface area contributed by atoms with Gasteiger partial charge in [-0.25, -0.2) is 15.0 Å². The lowest BCUT2D eigenvalue weighted by Gasteiger charge is -2.14. The summed E-state index contributed by atoms with van der Waals surface area (Å²) in [5.74, 6) is 1.86. The highest BCUT2D eigenvalue weighted by Crippen LogP contribution is 2.44. The molecule has 4 heterocycles. The van der Waals surface area contributed by atoms with Gasteiger partial charge in [0, 0.05) is 74.6 Å². The molecule has 0 fully saturated rings. The molecule has 0 amide bonds. The Bertz CT molecular complexity index is 4220. The molecule has 0 aliphatic heterocycles. The Morgan fingerprint density at radius 3 is 1.79 bits per heavy atom. The summed E-state index contributed by atoms with van der Waals surface area (Å²) in [7, 11) is 0. The number of rotatable bonds is 4. The first kappa shape index (κ1) is 34.5. The van der Waals surface area contributed by atoms with E-state index in [-0.39, 0.29) is 0 Å². The van der Waals surface area contributed by atoms with Crippen molar-refractivity contribution in [3.05, 3.63) is 194 Å². The summed E-state index contributed by atoms with van der Waals surface area (Å²) < 4.78 is 11.8. The maximum atomic E-state index is 6.82. The Morgan fingerprint density at radius 1 is 0.365 bits per heavy atom. The van der Waals surface area contributed by atoms with Crippen molar-refractivity contribution in [3.8, 4) is 39.9 Å². The van der Waals surface area contributed by atoms with Crippen molar-refractivity contribution in [2.24, 2.45) is 0 Å². The molecule has 0 saturated heterocycles. The minimum absolute atomic E-state index is 0.604. The number of nitrogens with zero attached hydrogens (tertiary/aromatic N) is 4. The summed E-state index contributed by atoms with van der Waals surface area (Å²) in [5.41, 5.74) is 7.89. The number of thiophene rings is 1. The average molecular weight is 821 g/mol. The fraction of sp³-hybridized carbons (Fsp3) is 0. The van der Waals surface area contributed by atoms with Crippen molar-refractivity contribution in [1.82, 2.24) is 19.5 Å². The van der Waals surface area contributed by atoms with Crippen molar-refractivity contribution in [2.75, 3.05) is 0 Å². The third-order valence-corrected chi connectivity index (χ3v) is 13.9. The molecule has 6 heteroatoms. The first-order valence-corrected chi connectivity index (χ1v) is 22.0. The lowest BCUT2D eigenvalue weighted by atomic mass is 10.0. The summed E-state index contributed by atoms with van der Waals surface area (Å²) >= 11 is 1.81. The second kappa shape index (κ2) is 13.2. The molecule has 4 aromatic heterocycles. The molecular formula is C57H32N4OS. The summed E-state index contributed by atoms with van der Waals surface area (Å²) in [4.78, 5) is 15.5. The fourth-order valence-electron chi connectivity index (χ4n) is 9.83. The minimum Gasteiger partial charge on any atom is -0.455 e. The van der Waals surface area contributed by atoms with Gasteiger partial charge in [-0.15, -0.1) is 11.3 Å². The van der Waals surface area contributed by atoms with Crippen LogP contribution in [0.15, 0.2) is 199 Å². The van der Waals surface area contributed by atoms with Gasteiger partial charge in [-0.2, -0.15) is 0 Å². The number of aromatic nitrogens is 4. The second-order valence-electron chi connectivity index (χ2n) is 16.3. The molecule has 5 nitrogen and oxygen atoms in total. The molecule has 10 aromatic carbocycles. The van der Waals surface area contributed by atoms with E-state index in [9.17, 15) is 0 Å². The molecule has 0 radical (unpaired) electrons. The van der Waals surface area contributed by atoms with Gasteiger partial charge in [0.2, 0.25) is 0 Å². The molecule has 0 saturated carbocycles. The zero-order valence-electron chi connectivity index (χ0n) is 33.6. The Balaban J connectivity index is 1.03. The van der Waals surface area contributed by atoms with Gasteiger partial charge in [0.15, 0.2) is 17.5 Å². The maximum Gasteiger partial charge on any atom is 0.164 e. The average Bonchev–Trinajstić information content (AvgIpc) is 4.02. The van der Waals surface area contributed by atoms with Crippen molar-refractivity contribution >= 4 is 108 Å².